The highest BCUT2D eigenvalue weighted by molar-refractivity contribution is 5.85. The van der Waals surface area contributed by atoms with Gasteiger partial charge in [-0.15, -0.1) is 12.4 Å². The third kappa shape index (κ3) is 27.4. The lowest BCUT2D eigenvalue weighted by molar-refractivity contribution is 0.524. The van der Waals surface area contributed by atoms with Crippen molar-refractivity contribution in [2.24, 2.45) is 17.8 Å². The van der Waals surface area contributed by atoms with Crippen molar-refractivity contribution >= 4 is 12.4 Å². The van der Waals surface area contributed by atoms with Crippen LogP contribution in [0.1, 0.15) is 96.8 Å². The van der Waals surface area contributed by atoms with E-state index in [0.29, 0.717) is 17.8 Å². The molecule has 0 saturated carbocycles. The summed E-state index contributed by atoms with van der Waals surface area (Å²) in [6.07, 6.45) is 6.91. The van der Waals surface area contributed by atoms with Crippen LogP contribution in [0.4, 0.5) is 0 Å². The van der Waals surface area contributed by atoms with Crippen molar-refractivity contribution in [1.82, 2.24) is 47.9 Å². The molecule has 0 aliphatic heterocycles. The van der Waals surface area contributed by atoms with Crippen LogP contribution in [0, 0.1) is 17.8 Å². The Morgan fingerprint density at radius 2 is 0.689 bits per heavy atom. The van der Waals surface area contributed by atoms with E-state index in [1.54, 1.807) is 0 Å². The molecule has 0 aromatic heterocycles. The number of rotatable bonds is 38. The van der Waals surface area contributed by atoms with Gasteiger partial charge in [0.25, 0.3) is 0 Å². The molecular formula is C51H90ClN9. The van der Waals surface area contributed by atoms with Gasteiger partial charge in [-0.05, 0) is 212 Å². The zero-order valence-electron chi connectivity index (χ0n) is 39.5. The summed E-state index contributed by atoms with van der Waals surface area (Å²) >= 11 is 0. The van der Waals surface area contributed by atoms with Crippen LogP contribution in [0.15, 0.2) is 66.7 Å². The second-order valence-corrected chi connectivity index (χ2v) is 18.0. The van der Waals surface area contributed by atoms with Gasteiger partial charge in [0, 0.05) is 19.6 Å². The second kappa shape index (κ2) is 36.0. The fourth-order valence-corrected chi connectivity index (χ4v) is 7.18. The Hall–Kier alpha value is -2.41. The molecule has 9 N–H and O–H groups in total. The minimum atomic E-state index is 0. The van der Waals surface area contributed by atoms with Crippen LogP contribution in [-0.2, 0) is 19.6 Å². The van der Waals surface area contributed by atoms with Gasteiger partial charge < -0.3 is 47.9 Å². The third-order valence-electron chi connectivity index (χ3n) is 10.5. The van der Waals surface area contributed by atoms with Crippen LogP contribution in [0.3, 0.4) is 0 Å². The van der Waals surface area contributed by atoms with Crippen molar-refractivity contribution in [3.8, 4) is 22.3 Å². The summed E-state index contributed by atoms with van der Waals surface area (Å²) in [5.41, 5.74) is 9.15. The fourth-order valence-electron chi connectivity index (χ4n) is 7.18. The molecule has 3 aromatic carbocycles. The molecule has 3 rings (SSSR count). The summed E-state index contributed by atoms with van der Waals surface area (Å²) in [5, 5.41) is 32.6. The van der Waals surface area contributed by atoms with E-state index in [4.69, 9.17) is 0 Å². The van der Waals surface area contributed by atoms with Crippen LogP contribution in [0.5, 0.6) is 0 Å². The van der Waals surface area contributed by atoms with Crippen LogP contribution in [0.25, 0.3) is 22.3 Å². The van der Waals surface area contributed by atoms with E-state index in [0.717, 1.165) is 137 Å². The van der Waals surface area contributed by atoms with Crippen molar-refractivity contribution in [3.05, 3.63) is 83.4 Å². The van der Waals surface area contributed by atoms with Crippen LogP contribution < -0.4 is 47.9 Å². The molecule has 0 amide bonds. The lowest BCUT2D eigenvalue weighted by Crippen LogP contribution is -2.26. The van der Waals surface area contributed by atoms with Gasteiger partial charge in [0.1, 0.15) is 0 Å². The monoisotopic (exact) mass is 864 g/mol. The Bertz CT molecular complexity index is 1480. The minimum Gasteiger partial charge on any atom is -0.317 e. The van der Waals surface area contributed by atoms with E-state index in [-0.39, 0.29) is 12.4 Å². The van der Waals surface area contributed by atoms with Gasteiger partial charge in [-0.2, -0.15) is 0 Å². The molecule has 0 aliphatic rings. The average Bonchev–Trinajstić information content (AvgIpc) is 3.23. The number of hydrogen-bond acceptors (Lipinski definition) is 9. The van der Waals surface area contributed by atoms with Crippen molar-refractivity contribution in [2.45, 2.75) is 99.7 Å². The summed E-state index contributed by atoms with van der Waals surface area (Å²) in [7, 11) is 0. The van der Waals surface area contributed by atoms with E-state index in [9.17, 15) is 0 Å². The highest BCUT2D eigenvalue weighted by Gasteiger charge is 2.10. The highest BCUT2D eigenvalue weighted by atomic mass is 35.5. The van der Waals surface area contributed by atoms with Crippen molar-refractivity contribution in [1.29, 1.82) is 0 Å². The third-order valence-corrected chi connectivity index (χ3v) is 10.5. The van der Waals surface area contributed by atoms with Crippen LogP contribution in [-0.4, -0.2) is 98.2 Å². The first-order chi connectivity index (χ1) is 29.3. The summed E-state index contributed by atoms with van der Waals surface area (Å²) in [6, 6.07) is 25.3. The van der Waals surface area contributed by atoms with E-state index in [1.165, 1.54) is 58.2 Å². The van der Waals surface area contributed by atoms with Crippen LogP contribution >= 0.6 is 12.4 Å². The normalized spacial score (nSPS) is 11.6. The number of benzene rings is 3. The Balaban J connectivity index is 0.0000128. The molecule has 0 bridgehead atoms. The molecule has 0 saturated heterocycles. The summed E-state index contributed by atoms with van der Waals surface area (Å²) < 4.78 is 0. The van der Waals surface area contributed by atoms with E-state index in [1.807, 2.05) is 0 Å². The Labute approximate surface area is 380 Å². The fraction of sp³-hybridized carbons (Fsp3) is 0.647. The van der Waals surface area contributed by atoms with Crippen LogP contribution in [0.2, 0.25) is 0 Å². The van der Waals surface area contributed by atoms with E-state index in [2.05, 4.69) is 156 Å². The molecule has 9 nitrogen and oxygen atoms in total. The SMILES string of the molecule is CC(C)CNCCCNCCCNCc1cccc(-c2ccc(-c3cccc(CNCCCNCCCNCC(C)C)c3)c(CNCCCNCCCNCC(C)C)c2)c1.Cl. The van der Waals surface area contributed by atoms with Crippen molar-refractivity contribution in [2.75, 3.05) is 98.2 Å². The van der Waals surface area contributed by atoms with Crippen molar-refractivity contribution in [3.63, 3.8) is 0 Å². The van der Waals surface area contributed by atoms with Gasteiger partial charge in [-0.25, -0.2) is 0 Å². The number of hydrogen-bond donors (Lipinski definition) is 9. The maximum Gasteiger partial charge on any atom is 0.0211 e. The minimum absolute atomic E-state index is 0. The molecule has 10 heteroatoms. The Kier molecular flexibility index (Phi) is 32.3. The molecule has 0 fully saturated rings. The molecule has 0 heterocycles. The first-order valence-corrected chi connectivity index (χ1v) is 24.0. The Morgan fingerprint density at radius 3 is 1.11 bits per heavy atom. The molecular weight excluding hydrogens is 774 g/mol. The smallest absolute Gasteiger partial charge is 0.0211 e. The lowest BCUT2D eigenvalue weighted by Gasteiger charge is -2.15. The molecule has 0 unspecified atom stereocenters. The maximum atomic E-state index is 3.79. The van der Waals surface area contributed by atoms with Gasteiger partial charge in [0.2, 0.25) is 0 Å². The molecule has 3 aromatic rings. The van der Waals surface area contributed by atoms with Gasteiger partial charge in [-0.1, -0.05) is 90.1 Å². The zero-order chi connectivity index (χ0) is 42.9. The predicted octanol–water partition coefficient (Wildman–Crippen LogP) is 7.56. The second-order valence-electron chi connectivity index (χ2n) is 18.0. The van der Waals surface area contributed by atoms with Gasteiger partial charge in [0.15, 0.2) is 0 Å². The largest absolute Gasteiger partial charge is 0.317 e. The molecule has 61 heavy (non-hydrogen) atoms. The Morgan fingerprint density at radius 1 is 0.344 bits per heavy atom. The molecule has 0 spiro atoms. The molecule has 346 valence electrons. The maximum absolute atomic E-state index is 3.79. The number of halogens is 1. The van der Waals surface area contributed by atoms with Gasteiger partial charge >= 0.3 is 0 Å². The quantitative estimate of drug-likeness (QED) is 0.0270. The zero-order valence-corrected chi connectivity index (χ0v) is 40.3. The topological polar surface area (TPSA) is 108 Å². The summed E-state index contributed by atoms with van der Waals surface area (Å²) in [6.45, 7) is 32.1. The standard InChI is InChI=1S/C51H89N9.ClH/c1-42(2)36-55-27-9-21-52-24-12-30-58-39-45-15-7-17-47(33-45)48-19-20-51(50(35-48)41-60-32-14-26-54-23-11-29-57-38-44(5)6)49-18-8-16-46(34-49)40-59-31-13-25-53-22-10-28-56-37-43(3)4;/h7-8,15-20,33-35,42-44,52-60H,9-14,21-32,36-41H2,1-6H3;1H. The lowest BCUT2D eigenvalue weighted by atomic mass is 9.93. The number of nitrogens with one attached hydrogen (secondary N) is 9. The van der Waals surface area contributed by atoms with Gasteiger partial charge in [0.05, 0.1) is 0 Å². The molecule has 0 atom stereocenters. The highest BCUT2D eigenvalue weighted by Crippen LogP contribution is 2.30. The molecule has 0 radical (unpaired) electrons. The molecule has 0 aliphatic carbocycles. The van der Waals surface area contributed by atoms with E-state index >= 15 is 0 Å². The first-order valence-electron chi connectivity index (χ1n) is 24.0. The average molecular weight is 865 g/mol. The summed E-state index contributed by atoms with van der Waals surface area (Å²) in [4.78, 5) is 0. The first kappa shape index (κ1) is 54.7. The predicted molar refractivity (Wildman–Crippen MR) is 269 cm³/mol. The van der Waals surface area contributed by atoms with Gasteiger partial charge in [-0.3, -0.25) is 0 Å². The summed E-state index contributed by atoms with van der Waals surface area (Å²) in [5.74, 6) is 2.14. The van der Waals surface area contributed by atoms with E-state index < -0.39 is 0 Å². The van der Waals surface area contributed by atoms with Crippen molar-refractivity contribution < 1.29 is 0 Å².